The Bertz CT molecular complexity index is 333. The molecule has 1 aliphatic carbocycles. The summed E-state index contributed by atoms with van der Waals surface area (Å²) in [6, 6.07) is 4.40. The van der Waals surface area contributed by atoms with Gasteiger partial charge in [0.15, 0.2) is 0 Å². The van der Waals surface area contributed by atoms with Crippen molar-refractivity contribution in [3.05, 3.63) is 28.8 Å². The van der Waals surface area contributed by atoms with E-state index in [9.17, 15) is 0 Å². The zero-order valence-corrected chi connectivity index (χ0v) is 10.9. The van der Waals surface area contributed by atoms with Gasteiger partial charge in [-0.25, -0.2) is 0 Å². The Hall–Kier alpha value is -0.500. The number of rotatable bonds is 4. The van der Waals surface area contributed by atoms with Crippen molar-refractivity contribution < 1.29 is 4.74 Å². The van der Waals surface area contributed by atoms with Crippen LogP contribution >= 0.6 is 15.9 Å². The Balaban J connectivity index is 2.13. The normalized spacial score (nSPS) is 15.4. The van der Waals surface area contributed by atoms with Crippen LogP contribution in [0.1, 0.15) is 29.5 Å². The lowest BCUT2D eigenvalue weighted by atomic mass is 10.1. The third-order valence-electron chi connectivity index (χ3n) is 2.83. The maximum atomic E-state index is 5.88. The maximum absolute atomic E-state index is 5.88. The molecule has 0 aromatic heterocycles. The molecule has 0 heterocycles. The molecule has 1 nitrogen and oxygen atoms in total. The lowest BCUT2D eigenvalue weighted by Gasteiger charge is -2.13. The van der Waals surface area contributed by atoms with Crippen LogP contribution < -0.4 is 4.74 Å². The highest BCUT2D eigenvalue weighted by molar-refractivity contribution is 9.08. The van der Waals surface area contributed by atoms with Gasteiger partial charge >= 0.3 is 0 Å². The van der Waals surface area contributed by atoms with Gasteiger partial charge in [0, 0.05) is 5.33 Å². The van der Waals surface area contributed by atoms with Crippen LogP contribution in [-0.2, 0) is 5.33 Å². The lowest BCUT2D eigenvalue weighted by molar-refractivity contribution is 0.296. The minimum absolute atomic E-state index is 0.819. The second-order valence-electron chi connectivity index (χ2n) is 4.45. The molecular weight excluding hydrogens is 252 g/mol. The second kappa shape index (κ2) is 4.56. The van der Waals surface area contributed by atoms with E-state index in [0.29, 0.717) is 0 Å². The van der Waals surface area contributed by atoms with Gasteiger partial charge in [-0.05, 0) is 49.3 Å². The summed E-state index contributed by atoms with van der Waals surface area (Å²) in [5.74, 6) is 1.91. The van der Waals surface area contributed by atoms with Crippen molar-refractivity contribution in [2.75, 3.05) is 6.61 Å². The summed E-state index contributed by atoms with van der Waals surface area (Å²) in [6.45, 7) is 5.15. The van der Waals surface area contributed by atoms with E-state index < -0.39 is 0 Å². The molecule has 1 aromatic rings. The molecule has 2 rings (SSSR count). The van der Waals surface area contributed by atoms with Gasteiger partial charge in [0.1, 0.15) is 5.75 Å². The van der Waals surface area contributed by atoms with E-state index in [2.05, 4.69) is 41.9 Å². The monoisotopic (exact) mass is 268 g/mol. The van der Waals surface area contributed by atoms with Crippen LogP contribution in [0.2, 0.25) is 0 Å². The predicted molar refractivity (Wildman–Crippen MR) is 66.8 cm³/mol. The Morgan fingerprint density at radius 3 is 2.33 bits per heavy atom. The van der Waals surface area contributed by atoms with Crippen molar-refractivity contribution in [2.24, 2.45) is 5.92 Å². The molecule has 1 aliphatic rings. The number of aryl methyl sites for hydroxylation is 2. The van der Waals surface area contributed by atoms with Crippen LogP contribution in [0.4, 0.5) is 0 Å². The number of halogens is 1. The van der Waals surface area contributed by atoms with Crippen LogP contribution in [0.15, 0.2) is 12.1 Å². The fourth-order valence-electron chi connectivity index (χ4n) is 1.83. The van der Waals surface area contributed by atoms with Gasteiger partial charge in [0.05, 0.1) is 6.61 Å². The summed E-state index contributed by atoms with van der Waals surface area (Å²) in [7, 11) is 0. The first-order chi connectivity index (χ1) is 7.20. The van der Waals surface area contributed by atoms with Crippen molar-refractivity contribution in [1.29, 1.82) is 0 Å². The summed E-state index contributed by atoms with van der Waals surface area (Å²) in [4.78, 5) is 0. The summed E-state index contributed by atoms with van der Waals surface area (Å²) >= 11 is 3.48. The van der Waals surface area contributed by atoms with Gasteiger partial charge in [-0.1, -0.05) is 28.1 Å². The van der Waals surface area contributed by atoms with Gasteiger partial charge in [-0.2, -0.15) is 0 Å². The molecule has 0 spiro atoms. The van der Waals surface area contributed by atoms with E-state index in [-0.39, 0.29) is 0 Å². The van der Waals surface area contributed by atoms with Crippen molar-refractivity contribution >= 4 is 15.9 Å². The lowest BCUT2D eigenvalue weighted by Crippen LogP contribution is -2.02. The molecule has 1 saturated carbocycles. The average molecular weight is 269 g/mol. The Morgan fingerprint density at radius 1 is 1.27 bits per heavy atom. The zero-order chi connectivity index (χ0) is 10.8. The molecule has 2 heteroatoms. The van der Waals surface area contributed by atoms with Gasteiger partial charge in [0.2, 0.25) is 0 Å². The summed E-state index contributed by atoms with van der Waals surface area (Å²) in [5, 5.41) is 0.914. The van der Waals surface area contributed by atoms with Crippen LogP contribution in [0, 0.1) is 19.8 Å². The molecule has 0 bridgehead atoms. The van der Waals surface area contributed by atoms with Gasteiger partial charge < -0.3 is 4.74 Å². The van der Waals surface area contributed by atoms with Crippen molar-refractivity contribution in [3.8, 4) is 5.75 Å². The molecule has 82 valence electrons. The number of hydrogen-bond acceptors (Lipinski definition) is 1. The zero-order valence-electron chi connectivity index (χ0n) is 9.35. The molecule has 0 aliphatic heterocycles. The minimum Gasteiger partial charge on any atom is -0.493 e. The van der Waals surface area contributed by atoms with Crippen LogP contribution in [0.5, 0.6) is 5.75 Å². The molecule has 0 amide bonds. The third-order valence-corrected chi connectivity index (χ3v) is 3.48. The minimum atomic E-state index is 0.819. The molecule has 0 radical (unpaired) electrons. The third kappa shape index (κ3) is 2.75. The standard InChI is InChI=1S/C13H17BrO/c1-9-5-12(7-14)6-10(2)13(9)15-8-11-3-4-11/h5-6,11H,3-4,7-8H2,1-2H3. The number of alkyl halides is 1. The Labute approximate surface area is 100.0 Å². The smallest absolute Gasteiger partial charge is 0.125 e. The summed E-state index contributed by atoms with van der Waals surface area (Å²) in [5.41, 5.74) is 3.83. The van der Waals surface area contributed by atoms with E-state index in [4.69, 9.17) is 4.74 Å². The van der Waals surface area contributed by atoms with Crippen molar-refractivity contribution in [2.45, 2.75) is 32.0 Å². The fraction of sp³-hybridized carbons (Fsp3) is 0.538. The second-order valence-corrected chi connectivity index (χ2v) is 5.01. The Kier molecular flexibility index (Phi) is 3.35. The molecule has 0 atom stereocenters. The molecule has 0 saturated heterocycles. The highest BCUT2D eigenvalue weighted by Gasteiger charge is 2.22. The van der Waals surface area contributed by atoms with E-state index in [0.717, 1.165) is 23.6 Å². The van der Waals surface area contributed by atoms with E-state index in [1.807, 2.05) is 0 Å². The van der Waals surface area contributed by atoms with Gasteiger partial charge in [-0.3, -0.25) is 0 Å². The van der Waals surface area contributed by atoms with Crippen LogP contribution in [-0.4, -0.2) is 6.61 Å². The van der Waals surface area contributed by atoms with Crippen LogP contribution in [0.3, 0.4) is 0 Å². The SMILES string of the molecule is Cc1cc(CBr)cc(C)c1OCC1CC1. The largest absolute Gasteiger partial charge is 0.493 e. The number of benzene rings is 1. The van der Waals surface area contributed by atoms with E-state index in [1.165, 1.54) is 29.5 Å². The first-order valence-electron chi connectivity index (χ1n) is 5.49. The number of ether oxygens (including phenoxy) is 1. The summed E-state index contributed by atoms with van der Waals surface area (Å²) < 4.78 is 5.88. The summed E-state index contributed by atoms with van der Waals surface area (Å²) in [6.07, 6.45) is 2.69. The molecular formula is C13H17BrO. The van der Waals surface area contributed by atoms with Gasteiger partial charge in [-0.15, -0.1) is 0 Å². The molecule has 0 N–H and O–H groups in total. The van der Waals surface area contributed by atoms with E-state index >= 15 is 0 Å². The number of hydrogen-bond donors (Lipinski definition) is 0. The van der Waals surface area contributed by atoms with Gasteiger partial charge in [0.25, 0.3) is 0 Å². The first kappa shape index (κ1) is 11.0. The molecule has 1 fully saturated rings. The fourth-order valence-corrected chi connectivity index (χ4v) is 2.15. The average Bonchev–Trinajstić information content (AvgIpc) is 3.00. The molecule has 1 aromatic carbocycles. The van der Waals surface area contributed by atoms with Crippen molar-refractivity contribution in [1.82, 2.24) is 0 Å². The van der Waals surface area contributed by atoms with Crippen LogP contribution in [0.25, 0.3) is 0 Å². The van der Waals surface area contributed by atoms with E-state index in [1.54, 1.807) is 0 Å². The Morgan fingerprint density at radius 2 is 1.87 bits per heavy atom. The first-order valence-corrected chi connectivity index (χ1v) is 6.61. The maximum Gasteiger partial charge on any atom is 0.125 e. The topological polar surface area (TPSA) is 9.23 Å². The van der Waals surface area contributed by atoms with Crippen molar-refractivity contribution in [3.63, 3.8) is 0 Å². The highest BCUT2D eigenvalue weighted by Crippen LogP contribution is 2.32. The predicted octanol–water partition coefficient (Wildman–Crippen LogP) is 3.99. The molecule has 0 unspecified atom stereocenters. The highest BCUT2D eigenvalue weighted by atomic mass is 79.9. The molecule has 15 heavy (non-hydrogen) atoms. The quantitative estimate of drug-likeness (QED) is 0.751.